The molecule has 0 heterocycles. The molecule has 5 nitrogen and oxygen atoms in total. The first-order valence-corrected chi connectivity index (χ1v) is 6.96. The molecule has 5 heteroatoms. The Hall–Kier alpha value is -2.30. The lowest BCUT2D eigenvalue weighted by atomic mass is 10.0. The van der Waals surface area contributed by atoms with Crippen LogP contribution >= 0.6 is 0 Å². The van der Waals surface area contributed by atoms with Crippen molar-refractivity contribution in [2.24, 2.45) is 5.92 Å². The van der Waals surface area contributed by atoms with Gasteiger partial charge in [-0.15, -0.1) is 0 Å². The number of carboxylic acid groups (broad SMARTS) is 1. The lowest BCUT2D eigenvalue weighted by molar-refractivity contribution is -0.139. The summed E-state index contributed by atoms with van der Waals surface area (Å²) < 4.78 is 5.07. The number of carbonyl (C=O) groups excluding carboxylic acids is 1. The standard InChI is InChI=1S/C16H19NO4/c1-11(17-16(20)13-4-2-3-5-13)12-6-8-14(9-7-12)21-10-15(18)19/h2-3,6-9,11,13H,4-5,10H2,1H3,(H,17,20)(H,18,19). The normalized spacial score (nSPS) is 15.7. The quantitative estimate of drug-likeness (QED) is 0.788. The van der Waals surface area contributed by atoms with Gasteiger partial charge in [-0.1, -0.05) is 24.3 Å². The van der Waals surface area contributed by atoms with Gasteiger partial charge in [0.05, 0.1) is 6.04 Å². The number of carbonyl (C=O) groups is 2. The minimum absolute atomic E-state index is 0.0469. The molecule has 0 aromatic heterocycles. The number of rotatable bonds is 6. The Morgan fingerprint density at radius 2 is 1.90 bits per heavy atom. The maximum absolute atomic E-state index is 12.0. The summed E-state index contributed by atoms with van der Waals surface area (Å²) in [6.45, 7) is 1.56. The van der Waals surface area contributed by atoms with Crippen molar-refractivity contribution in [2.45, 2.75) is 25.8 Å². The first-order valence-electron chi connectivity index (χ1n) is 6.96. The van der Waals surface area contributed by atoms with Gasteiger partial charge in [0.1, 0.15) is 5.75 Å². The fourth-order valence-corrected chi connectivity index (χ4v) is 2.24. The molecule has 1 aliphatic carbocycles. The molecular weight excluding hydrogens is 270 g/mol. The molecule has 112 valence electrons. The molecular formula is C16H19NO4. The Labute approximate surface area is 123 Å². The van der Waals surface area contributed by atoms with E-state index in [9.17, 15) is 9.59 Å². The third kappa shape index (κ3) is 4.34. The molecule has 0 aliphatic heterocycles. The van der Waals surface area contributed by atoms with Gasteiger partial charge in [-0.25, -0.2) is 4.79 Å². The lowest BCUT2D eigenvalue weighted by Crippen LogP contribution is -2.31. The molecule has 0 bridgehead atoms. The van der Waals surface area contributed by atoms with E-state index in [0.29, 0.717) is 5.75 Å². The van der Waals surface area contributed by atoms with E-state index >= 15 is 0 Å². The van der Waals surface area contributed by atoms with Crippen LogP contribution in [0.4, 0.5) is 0 Å². The number of ether oxygens (including phenoxy) is 1. The van der Waals surface area contributed by atoms with Gasteiger partial charge < -0.3 is 15.2 Å². The molecule has 1 aromatic carbocycles. The average Bonchev–Trinajstić information content (AvgIpc) is 3.00. The number of nitrogens with one attached hydrogen (secondary N) is 1. The lowest BCUT2D eigenvalue weighted by Gasteiger charge is -2.17. The van der Waals surface area contributed by atoms with E-state index in [2.05, 4.69) is 5.32 Å². The summed E-state index contributed by atoms with van der Waals surface area (Å²) >= 11 is 0. The number of carboxylic acids is 1. The minimum atomic E-state index is -1.01. The van der Waals surface area contributed by atoms with Gasteiger partial charge in [0.2, 0.25) is 5.91 Å². The van der Waals surface area contributed by atoms with Crippen molar-refractivity contribution in [3.05, 3.63) is 42.0 Å². The van der Waals surface area contributed by atoms with E-state index in [4.69, 9.17) is 9.84 Å². The Balaban J connectivity index is 1.88. The maximum atomic E-state index is 12.0. The van der Waals surface area contributed by atoms with Crippen LogP contribution in [0.25, 0.3) is 0 Å². The Morgan fingerprint density at radius 3 is 2.48 bits per heavy atom. The molecule has 1 unspecified atom stereocenters. The zero-order chi connectivity index (χ0) is 15.2. The molecule has 21 heavy (non-hydrogen) atoms. The van der Waals surface area contributed by atoms with Crippen molar-refractivity contribution < 1.29 is 19.4 Å². The fraction of sp³-hybridized carbons (Fsp3) is 0.375. The van der Waals surface area contributed by atoms with E-state index in [0.717, 1.165) is 18.4 Å². The van der Waals surface area contributed by atoms with Crippen molar-refractivity contribution in [1.29, 1.82) is 0 Å². The van der Waals surface area contributed by atoms with Gasteiger partial charge in [0.25, 0.3) is 0 Å². The smallest absolute Gasteiger partial charge is 0.341 e. The van der Waals surface area contributed by atoms with Gasteiger partial charge in [-0.3, -0.25) is 4.79 Å². The van der Waals surface area contributed by atoms with Crippen LogP contribution in [0.1, 0.15) is 31.4 Å². The molecule has 1 aliphatic rings. The predicted octanol–water partition coefficient (Wildman–Crippen LogP) is 2.29. The van der Waals surface area contributed by atoms with Gasteiger partial charge in [0, 0.05) is 5.92 Å². The zero-order valence-electron chi connectivity index (χ0n) is 11.9. The van der Waals surface area contributed by atoms with Gasteiger partial charge in [-0.2, -0.15) is 0 Å². The molecule has 1 aromatic rings. The van der Waals surface area contributed by atoms with Crippen molar-refractivity contribution in [2.75, 3.05) is 6.61 Å². The third-order valence-electron chi connectivity index (χ3n) is 3.48. The van der Waals surface area contributed by atoms with Crippen molar-refractivity contribution in [1.82, 2.24) is 5.32 Å². The molecule has 0 fully saturated rings. The van der Waals surface area contributed by atoms with Crippen molar-refractivity contribution in [3.8, 4) is 5.75 Å². The second kappa shape index (κ2) is 6.92. The molecule has 1 amide bonds. The van der Waals surface area contributed by atoms with Gasteiger partial charge in [-0.05, 0) is 37.5 Å². The number of benzene rings is 1. The van der Waals surface area contributed by atoms with Crippen LogP contribution in [0.5, 0.6) is 5.75 Å². The average molecular weight is 289 g/mol. The molecule has 0 radical (unpaired) electrons. The summed E-state index contributed by atoms with van der Waals surface area (Å²) in [5.74, 6) is -0.395. The largest absolute Gasteiger partial charge is 0.482 e. The van der Waals surface area contributed by atoms with Crippen LogP contribution in [-0.4, -0.2) is 23.6 Å². The number of hydrogen-bond donors (Lipinski definition) is 2. The van der Waals surface area contributed by atoms with Gasteiger partial charge >= 0.3 is 5.97 Å². The number of hydrogen-bond acceptors (Lipinski definition) is 3. The van der Waals surface area contributed by atoms with E-state index in [1.54, 1.807) is 12.1 Å². The second-order valence-corrected chi connectivity index (χ2v) is 5.12. The Bertz CT molecular complexity index is 528. The zero-order valence-corrected chi connectivity index (χ0v) is 11.9. The molecule has 1 atom stereocenters. The van der Waals surface area contributed by atoms with E-state index < -0.39 is 5.97 Å². The van der Waals surface area contributed by atoms with E-state index in [-0.39, 0.29) is 24.5 Å². The molecule has 0 spiro atoms. The number of amides is 1. The number of aliphatic carboxylic acids is 1. The van der Waals surface area contributed by atoms with Crippen LogP contribution in [-0.2, 0) is 9.59 Å². The topological polar surface area (TPSA) is 75.6 Å². The summed E-state index contributed by atoms with van der Waals surface area (Å²) in [5.41, 5.74) is 0.956. The first-order chi connectivity index (χ1) is 10.1. The highest BCUT2D eigenvalue weighted by Crippen LogP contribution is 2.21. The Morgan fingerprint density at radius 1 is 1.29 bits per heavy atom. The van der Waals surface area contributed by atoms with Crippen molar-refractivity contribution >= 4 is 11.9 Å². The minimum Gasteiger partial charge on any atom is -0.482 e. The molecule has 2 rings (SSSR count). The summed E-state index contributed by atoms with van der Waals surface area (Å²) in [6.07, 6.45) is 5.67. The predicted molar refractivity (Wildman–Crippen MR) is 78.0 cm³/mol. The SMILES string of the molecule is CC(NC(=O)C1CC=CC1)c1ccc(OCC(=O)O)cc1. The summed E-state index contributed by atoms with van der Waals surface area (Å²) in [7, 11) is 0. The summed E-state index contributed by atoms with van der Waals surface area (Å²) in [5, 5.41) is 11.5. The van der Waals surface area contributed by atoms with Crippen LogP contribution in [0.15, 0.2) is 36.4 Å². The first kappa shape index (κ1) is 15.1. The third-order valence-corrected chi connectivity index (χ3v) is 3.48. The van der Waals surface area contributed by atoms with E-state index in [1.165, 1.54) is 0 Å². The Kier molecular flexibility index (Phi) is 4.98. The van der Waals surface area contributed by atoms with Crippen LogP contribution in [0, 0.1) is 5.92 Å². The molecule has 0 saturated carbocycles. The highest BCUT2D eigenvalue weighted by atomic mass is 16.5. The van der Waals surface area contributed by atoms with Crippen molar-refractivity contribution in [3.63, 3.8) is 0 Å². The molecule has 2 N–H and O–H groups in total. The van der Waals surface area contributed by atoms with Crippen LogP contribution in [0.3, 0.4) is 0 Å². The van der Waals surface area contributed by atoms with Crippen LogP contribution < -0.4 is 10.1 Å². The maximum Gasteiger partial charge on any atom is 0.341 e. The van der Waals surface area contributed by atoms with E-state index in [1.807, 2.05) is 31.2 Å². The second-order valence-electron chi connectivity index (χ2n) is 5.12. The highest BCUT2D eigenvalue weighted by Gasteiger charge is 2.20. The highest BCUT2D eigenvalue weighted by molar-refractivity contribution is 5.79. The molecule has 0 saturated heterocycles. The number of allylic oxidation sites excluding steroid dienone is 2. The van der Waals surface area contributed by atoms with Crippen LogP contribution in [0.2, 0.25) is 0 Å². The summed E-state index contributed by atoms with van der Waals surface area (Å²) in [6, 6.07) is 6.98. The fourth-order valence-electron chi connectivity index (χ4n) is 2.24. The monoisotopic (exact) mass is 289 g/mol. The summed E-state index contributed by atoms with van der Waals surface area (Å²) in [4.78, 5) is 22.4. The van der Waals surface area contributed by atoms with Gasteiger partial charge in [0.15, 0.2) is 6.61 Å².